The molecule has 7 nitrogen and oxygen atoms in total. The summed E-state index contributed by atoms with van der Waals surface area (Å²) in [6.45, 7) is 0. The van der Waals surface area contributed by atoms with Gasteiger partial charge in [0.1, 0.15) is 0 Å². The van der Waals surface area contributed by atoms with E-state index >= 15 is 0 Å². The number of hydrogen-bond donors (Lipinski definition) is 2. The van der Waals surface area contributed by atoms with Gasteiger partial charge in [-0.3, -0.25) is 9.11 Å². The normalized spacial score (nSPS) is 6.44. The van der Waals surface area contributed by atoms with Gasteiger partial charge in [-0.15, -0.1) is 0 Å². The van der Waals surface area contributed by atoms with E-state index in [0.717, 1.165) is 0 Å². The molecule has 0 amide bonds. The maximum atomic E-state index is 8.74. The van der Waals surface area contributed by atoms with Gasteiger partial charge in [0.2, 0.25) is 0 Å². The van der Waals surface area contributed by atoms with Gasteiger partial charge in [0, 0.05) is 17.1 Å². The Morgan fingerprint density at radius 1 is 0.889 bits per heavy atom. The summed E-state index contributed by atoms with van der Waals surface area (Å²) in [6.07, 6.45) is 0. The van der Waals surface area contributed by atoms with Crippen LogP contribution in [0.2, 0.25) is 0 Å². The molecule has 0 aromatic rings. The minimum Gasteiger partial charge on any atom is -0.412 e. The predicted molar refractivity (Wildman–Crippen MR) is 25.0 cm³/mol. The van der Waals surface area contributed by atoms with Crippen molar-refractivity contribution in [2.45, 2.75) is 0 Å². The van der Waals surface area contributed by atoms with E-state index in [1.165, 1.54) is 0 Å². The number of rotatable bonds is 0. The molecule has 9 heavy (non-hydrogen) atoms. The van der Waals surface area contributed by atoms with Gasteiger partial charge in [-0.05, 0) is 0 Å². The quantitative estimate of drug-likeness (QED) is 0.322. The molecule has 0 rings (SSSR count). The Labute approximate surface area is 62.0 Å². The fraction of sp³-hybridized carbons (Fsp3) is 0. The third-order valence-electron chi connectivity index (χ3n) is 0. The Morgan fingerprint density at radius 3 is 0.889 bits per heavy atom. The zero-order valence-corrected chi connectivity index (χ0v) is 5.68. The second-order valence-corrected chi connectivity index (χ2v) is 1.34. The summed E-state index contributed by atoms with van der Waals surface area (Å²) >= 11 is 0. The molecule has 8 N–H and O–H groups in total. The molecule has 0 bridgehead atoms. The molecular formula is H8CuO7S. The van der Waals surface area contributed by atoms with Crippen LogP contribution in [0.15, 0.2) is 0 Å². The fourth-order valence-corrected chi connectivity index (χ4v) is 0. The first-order chi connectivity index (χ1) is 2.00. The van der Waals surface area contributed by atoms with E-state index < -0.39 is 10.4 Å². The topological polar surface area (TPSA) is 169 Å². The van der Waals surface area contributed by atoms with Gasteiger partial charge >= 0.3 is 10.4 Å². The Kier molecular flexibility index (Phi) is 43.0. The van der Waals surface area contributed by atoms with Gasteiger partial charge in [0.25, 0.3) is 0 Å². The van der Waals surface area contributed by atoms with Crippen molar-refractivity contribution in [3.63, 3.8) is 0 Å². The average Bonchev–Trinajstić information content (AvgIpc) is 0.722. The van der Waals surface area contributed by atoms with Crippen LogP contribution in [0.4, 0.5) is 0 Å². The van der Waals surface area contributed by atoms with Crippen molar-refractivity contribution in [2.24, 2.45) is 0 Å². The molecule has 0 heterocycles. The molecule has 0 aromatic carbocycles. The number of hydrogen-bond acceptors (Lipinski definition) is 2. The van der Waals surface area contributed by atoms with Crippen LogP contribution in [-0.2, 0) is 27.5 Å². The summed E-state index contributed by atoms with van der Waals surface area (Å²) < 4.78 is 31.6. The van der Waals surface area contributed by atoms with Gasteiger partial charge in [-0.25, -0.2) is 0 Å². The van der Waals surface area contributed by atoms with Gasteiger partial charge in [0.05, 0.1) is 0 Å². The second-order valence-electron chi connectivity index (χ2n) is 0.448. The van der Waals surface area contributed by atoms with Crippen molar-refractivity contribution in [2.75, 3.05) is 0 Å². The third-order valence-corrected chi connectivity index (χ3v) is 0. The molecule has 0 spiro atoms. The van der Waals surface area contributed by atoms with E-state index in [4.69, 9.17) is 17.5 Å². The van der Waals surface area contributed by atoms with E-state index in [1.54, 1.807) is 0 Å². The van der Waals surface area contributed by atoms with Gasteiger partial charge < -0.3 is 16.4 Å². The first-order valence-corrected chi connectivity index (χ1v) is 2.10. The molecule has 0 aliphatic heterocycles. The van der Waals surface area contributed by atoms with Crippen LogP contribution in [0.5, 0.6) is 0 Å². The van der Waals surface area contributed by atoms with E-state index in [-0.39, 0.29) is 33.5 Å². The minimum atomic E-state index is -4.67. The van der Waals surface area contributed by atoms with Crippen LogP contribution in [-0.4, -0.2) is 34.0 Å². The molecule has 0 aliphatic rings. The second kappa shape index (κ2) is 11.1. The maximum Gasteiger partial charge on any atom is 0.394 e. The Balaban J connectivity index is -0.0000000133. The van der Waals surface area contributed by atoms with Crippen LogP contribution >= 0.6 is 0 Å². The molecule has 0 unspecified atom stereocenters. The van der Waals surface area contributed by atoms with Crippen LogP contribution in [0.3, 0.4) is 0 Å². The molecule has 0 aliphatic carbocycles. The van der Waals surface area contributed by atoms with Gasteiger partial charge in [-0.1, -0.05) is 0 Å². The van der Waals surface area contributed by atoms with Crippen LogP contribution in [0.25, 0.3) is 0 Å². The summed E-state index contributed by atoms with van der Waals surface area (Å²) in [7, 11) is -4.67. The van der Waals surface area contributed by atoms with Crippen molar-refractivity contribution in [1.29, 1.82) is 0 Å². The summed E-state index contributed by atoms with van der Waals surface area (Å²) in [5.74, 6) is 0. The van der Waals surface area contributed by atoms with Crippen molar-refractivity contribution >= 4 is 10.4 Å². The molecule has 0 aromatic heterocycles. The predicted octanol–water partition coefficient (Wildman–Crippen LogP) is -3.13. The summed E-state index contributed by atoms with van der Waals surface area (Å²) in [5, 5.41) is 0. The molecule has 0 atom stereocenters. The van der Waals surface area contributed by atoms with Gasteiger partial charge in [0.15, 0.2) is 0 Å². The van der Waals surface area contributed by atoms with Crippen LogP contribution < -0.4 is 0 Å². The molecule has 1 radical (unpaired) electrons. The zero-order valence-electron chi connectivity index (χ0n) is 3.92. The molecule has 0 fully saturated rings. The molecule has 0 saturated carbocycles. The van der Waals surface area contributed by atoms with E-state index in [0.29, 0.717) is 0 Å². The first-order valence-electron chi connectivity index (χ1n) is 0.698. The van der Waals surface area contributed by atoms with Crippen LogP contribution in [0.1, 0.15) is 0 Å². The maximum absolute atomic E-state index is 8.74. The summed E-state index contributed by atoms with van der Waals surface area (Å²) in [5.41, 5.74) is 0. The molecule has 0 saturated heterocycles. The molecular weight excluding hydrogens is 208 g/mol. The Morgan fingerprint density at radius 2 is 0.889 bits per heavy atom. The Bertz CT molecular complexity index is 92.1. The standard InChI is InChI=1S/Cu.H2O4S.3H2O/c;1-5(2,3)4;;;/h;(H2,1,2,3,4);3*1H2. The molecule has 9 heteroatoms. The van der Waals surface area contributed by atoms with E-state index in [2.05, 4.69) is 0 Å². The monoisotopic (exact) mass is 215 g/mol. The molecule has 67 valence electrons. The summed E-state index contributed by atoms with van der Waals surface area (Å²) in [4.78, 5) is 0. The van der Waals surface area contributed by atoms with Crippen molar-refractivity contribution in [3.05, 3.63) is 0 Å². The Hall–Kier alpha value is 0.269. The average molecular weight is 216 g/mol. The van der Waals surface area contributed by atoms with Crippen molar-refractivity contribution in [1.82, 2.24) is 0 Å². The SMILES string of the molecule is O.O.O.O=S(=O)(O)O.[Cu]. The van der Waals surface area contributed by atoms with Crippen molar-refractivity contribution < 1.29 is 51.0 Å². The fourth-order valence-electron chi connectivity index (χ4n) is 0. The first kappa shape index (κ1) is 34.8. The smallest absolute Gasteiger partial charge is 0.394 e. The van der Waals surface area contributed by atoms with Crippen molar-refractivity contribution in [3.8, 4) is 0 Å². The largest absolute Gasteiger partial charge is 0.412 e. The van der Waals surface area contributed by atoms with E-state index in [1.807, 2.05) is 0 Å². The van der Waals surface area contributed by atoms with E-state index in [9.17, 15) is 0 Å². The summed E-state index contributed by atoms with van der Waals surface area (Å²) in [6, 6.07) is 0. The minimum absolute atomic E-state index is 0. The third kappa shape index (κ3) is 4480. The zero-order chi connectivity index (χ0) is 4.50. The van der Waals surface area contributed by atoms with Crippen LogP contribution in [0, 0.1) is 0 Å². The van der Waals surface area contributed by atoms with Gasteiger partial charge in [-0.2, -0.15) is 8.42 Å².